The summed E-state index contributed by atoms with van der Waals surface area (Å²) in [5.41, 5.74) is 5.31. The highest BCUT2D eigenvalue weighted by Crippen LogP contribution is 2.29. The van der Waals surface area contributed by atoms with Crippen LogP contribution in [-0.4, -0.2) is 30.2 Å². The van der Waals surface area contributed by atoms with Crippen LogP contribution in [0.4, 0.5) is 5.69 Å². The first kappa shape index (κ1) is 28.3. The molecule has 0 saturated carbocycles. The Morgan fingerprint density at radius 3 is 2.56 bits per heavy atom. The van der Waals surface area contributed by atoms with Crippen LogP contribution < -0.4 is 10.2 Å². The van der Waals surface area contributed by atoms with Crippen LogP contribution in [0.2, 0.25) is 5.02 Å². The Balaban J connectivity index is 2.16. The molecule has 0 atom stereocenters. The number of hydrogen-bond acceptors (Lipinski definition) is 4. The van der Waals surface area contributed by atoms with Crippen LogP contribution >= 0.6 is 11.6 Å². The molecule has 7 heteroatoms. The maximum Gasteiger partial charge on any atom is 0.254 e. The van der Waals surface area contributed by atoms with Crippen molar-refractivity contribution in [1.82, 2.24) is 10.2 Å². The van der Waals surface area contributed by atoms with E-state index >= 15 is 0 Å². The van der Waals surface area contributed by atoms with Crippen molar-refractivity contribution in [2.24, 2.45) is 0 Å². The summed E-state index contributed by atoms with van der Waals surface area (Å²) in [6, 6.07) is 4.82. The van der Waals surface area contributed by atoms with E-state index in [2.05, 4.69) is 42.1 Å². The zero-order valence-corrected chi connectivity index (χ0v) is 21.5. The van der Waals surface area contributed by atoms with Crippen molar-refractivity contribution < 1.29 is 4.79 Å². The Morgan fingerprint density at radius 2 is 1.94 bits per heavy atom. The van der Waals surface area contributed by atoms with E-state index in [9.17, 15) is 4.79 Å². The van der Waals surface area contributed by atoms with Crippen molar-refractivity contribution in [3.05, 3.63) is 114 Å². The van der Waals surface area contributed by atoms with E-state index in [1.165, 1.54) is 4.90 Å². The van der Waals surface area contributed by atoms with Gasteiger partial charge < -0.3 is 10.2 Å². The van der Waals surface area contributed by atoms with Gasteiger partial charge in [-0.15, -0.1) is 0 Å². The molecule has 1 aromatic carbocycles. The Hall–Kier alpha value is -3.90. The number of amides is 1. The smallest absolute Gasteiger partial charge is 0.254 e. The molecule has 1 aromatic rings. The first-order valence-corrected chi connectivity index (χ1v) is 12.0. The maximum absolute atomic E-state index is 13.0. The van der Waals surface area contributed by atoms with Gasteiger partial charge in [0.1, 0.15) is 0 Å². The van der Waals surface area contributed by atoms with Crippen LogP contribution in [0.15, 0.2) is 103 Å². The van der Waals surface area contributed by atoms with Crippen LogP contribution in [-0.2, 0) is 0 Å². The predicted octanol–water partition coefficient (Wildman–Crippen LogP) is 7.12. The fraction of sp³-hybridized carbons (Fsp3) is 0.207. The molecule has 6 nitrogen and oxygen atoms in total. The molecule has 3 N–H and O–H groups in total. The normalized spacial score (nSPS) is 14.8. The summed E-state index contributed by atoms with van der Waals surface area (Å²) in [5, 5.41) is 18.0. The molecule has 0 unspecified atom stereocenters. The largest absolute Gasteiger partial charge is 0.334 e. The van der Waals surface area contributed by atoms with Crippen LogP contribution in [0, 0.1) is 10.8 Å². The van der Waals surface area contributed by atoms with Crippen molar-refractivity contribution >= 4 is 35.9 Å². The molecule has 2 rings (SSSR count). The topological polar surface area (TPSA) is 83.3 Å². The first-order valence-electron chi connectivity index (χ1n) is 11.7. The summed E-state index contributed by atoms with van der Waals surface area (Å²) < 4.78 is 0. The van der Waals surface area contributed by atoms with Crippen molar-refractivity contribution in [3.8, 4) is 0 Å². The van der Waals surface area contributed by atoms with Gasteiger partial charge in [-0.05, 0) is 56.0 Å². The Labute approximate surface area is 219 Å². The van der Waals surface area contributed by atoms with Crippen molar-refractivity contribution in [1.29, 1.82) is 10.8 Å². The van der Waals surface area contributed by atoms with Gasteiger partial charge in [-0.1, -0.05) is 73.4 Å². The van der Waals surface area contributed by atoms with Crippen LogP contribution in [0.1, 0.15) is 43.0 Å². The third kappa shape index (κ3) is 7.82. The maximum atomic E-state index is 13.0. The molecule has 1 aliphatic rings. The number of rotatable bonds is 14. The van der Waals surface area contributed by atoms with Gasteiger partial charge in [0.15, 0.2) is 0 Å². The molecule has 188 valence electrons. The van der Waals surface area contributed by atoms with Crippen LogP contribution in [0.3, 0.4) is 0 Å². The quantitative estimate of drug-likeness (QED) is 0.143. The van der Waals surface area contributed by atoms with Crippen molar-refractivity contribution in [2.75, 3.05) is 11.6 Å². The van der Waals surface area contributed by atoms with Gasteiger partial charge in [0.2, 0.25) is 0 Å². The zero-order chi connectivity index (χ0) is 26.5. The molecular formula is C29H34ClN5O. The number of carbonyl (C=O) groups is 1. The minimum Gasteiger partial charge on any atom is -0.334 e. The summed E-state index contributed by atoms with van der Waals surface area (Å²) in [7, 11) is 0. The predicted molar refractivity (Wildman–Crippen MR) is 153 cm³/mol. The second kappa shape index (κ2) is 14.5. The van der Waals surface area contributed by atoms with Gasteiger partial charge in [-0.25, -0.2) is 0 Å². The fourth-order valence-electron chi connectivity index (χ4n) is 3.68. The minimum atomic E-state index is -0.297. The summed E-state index contributed by atoms with van der Waals surface area (Å²) >= 11 is 6.36. The lowest BCUT2D eigenvalue weighted by Gasteiger charge is -2.25. The average molecular weight is 504 g/mol. The van der Waals surface area contributed by atoms with Gasteiger partial charge in [0, 0.05) is 23.5 Å². The Morgan fingerprint density at radius 1 is 1.19 bits per heavy atom. The summed E-state index contributed by atoms with van der Waals surface area (Å²) in [4.78, 5) is 16.4. The molecule has 0 aromatic heterocycles. The minimum absolute atomic E-state index is 0.252. The number of anilines is 1. The third-order valence-corrected chi connectivity index (χ3v) is 6.08. The highest BCUT2D eigenvalue weighted by Gasteiger charge is 2.21. The van der Waals surface area contributed by atoms with Gasteiger partial charge in [0.25, 0.3) is 5.91 Å². The molecule has 36 heavy (non-hydrogen) atoms. The second-order valence-electron chi connectivity index (χ2n) is 8.13. The Kier molecular flexibility index (Phi) is 11.4. The monoisotopic (exact) mass is 503 g/mol. The van der Waals surface area contributed by atoms with Crippen molar-refractivity contribution in [2.45, 2.75) is 32.6 Å². The number of allylic oxidation sites excluding steroid dienone is 10. The van der Waals surface area contributed by atoms with Gasteiger partial charge in [-0.2, -0.15) is 0 Å². The van der Waals surface area contributed by atoms with Crippen LogP contribution in [0.25, 0.3) is 0 Å². The van der Waals surface area contributed by atoms with Gasteiger partial charge >= 0.3 is 0 Å². The molecule has 0 aliphatic carbocycles. The number of benzene rings is 1. The summed E-state index contributed by atoms with van der Waals surface area (Å²) in [5.74, 6) is -0.297. The molecule has 0 radical (unpaired) electrons. The van der Waals surface area contributed by atoms with E-state index in [1.807, 2.05) is 25.2 Å². The van der Waals surface area contributed by atoms with E-state index in [4.69, 9.17) is 22.4 Å². The SMILES string of the molecule is C=C/C=C(\C=C)CCCC1=CC/C(=C\C=C(\C)C=C)N1CNC(=O)c1ccc(N(C=N)C=N)cc1Cl. The molecule has 0 fully saturated rings. The number of nitrogens with one attached hydrogen (secondary N) is 3. The molecule has 0 bridgehead atoms. The Bertz CT molecular complexity index is 1130. The van der Waals surface area contributed by atoms with Gasteiger partial charge in [-0.3, -0.25) is 20.5 Å². The summed E-state index contributed by atoms with van der Waals surface area (Å²) in [6.07, 6.45) is 19.2. The number of nitrogens with zero attached hydrogens (tertiary/aromatic N) is 2. The van der Waals surface area contributed by atoms with Crippen LogP contribution in [0.5, 0.6) is 0 Å². The number of hydrogen-bond donors (Lipinski definition) is 3. The summed E-state index contributed by atoms with van der Waals surface area (Å²) in [6.45, 7) is 13.7. The molecular weight excluding hydrogens is 470 g/mol. The van der Waals surface area contributed by atoms with E-state index in [0.717, 1.165) is 60.9 Å². The lowest BCUT2D eigenvalue weighted by atomic mass is 10.1. The number of halogens is 1. The zero-order valence-electron chi connectivity index (χ0n) is 20.8. The second-order valence-corrected chi connectivity index (χ2v) is 8.54. The van der Waals surface area contributed by atoms with Gasteiger partial charge in [0.05, 0.1) is 29.9 Å². The molecule has 0 spiro atoms. The van der Waals surface area contributed by atoms with E-state index < -0.39 is 0 Å². The van der Waals surface area contributed by atoms with Crippen molar-refractivity contribution in [3.63, 3.8) is 0 Å². The van der Waals surface area contributed by atoms with E-state index in [-0.39, 0.29) is 10.9 Å². The lowest BCUT2D eigenvalue weighted by Crippen LogP contribution is -2.35. The third-order valence-electron chi connectivity index (χ3n) is 5.76. The first-order chi connectivity index (χ1) is 17.4. The fourth-order valence-corrected chi connectivity index (χ4v) is 3.94. The highest BCUT2D eigenvalue weighted by molar-refractivity contribution is 6.34. The standard InChI is InChI=1S/C29H34ClN5O/c1-5-9-23(7-3)10-8-11-24-14-15-25(13-12-22(4)6-2)35(24)21-33-29(36)27-17-16-26(18-28(27)30)34(19-31)20-32/h5-7,9,12-14,16-20,31-32H,1-3,8,10-11,15,21H2,4H3,(H,33,36)/b22-12-,23-9+,25-13+,31-19?,32-20?. The van der Waals surface area contributed by atoms with E-state index in [1.54, 1.807) is 30.4 Å². The molecule has 1 aliphatic heterocycles. The molecule has 0 saturated heterocycles. The molecule has 1 heterocycles. The highest BCUT2D eigenvalue weighted by atomic mass is 35.5. The average Bonchev–Trinajstić information content (AvgIpc) is 3.27. The van der Waals surface area contributed by atoms with E-state index in [0.29, 0.717) is 17.9 Å². The molecule has 1 amide bonds. The lowest BCUT2D eigenvalue weighted by molar-refractivity contribution is 0.0938. The number of carbonyl (C=O) groups excluding carboxylic acids is 1.